The Hall–Kier alpha value is -0.0900. The number of hydrogen-bond donors (Lipinski definition) is 1. The Morgan fingerprint density at radius 2 is 2.50 bits per heavy atom. The molecular weight excluding hydrogens is 216 g/mol. The fraction of sp³-hybridized carbons (Fsp3) is 0.600. The van der Waals surface area contributed by atoms with E-state index in [1.165, 1.54) is 5.56 Å². The van der Waals surface area contributed by atoms with Gasteiger partial charge < -0.3 is 5.32 Å². The van der Waals surface area contributed by atoms with Crippen LogP contribution in [0.1, 0.15) is 12.5 Å². The first-order valence-electron chi connectivity index (χ1n) is 4.92. The number of halogens is 1. The van der Waals surface area contributed by atoms with Crippen LogP contribution in [-0.2, 0) is 6.54 Å². The molecule has 1 unspecified atom stereocenters. The molecule has 1 N–H and O–H groups in total. The van der Waals surface area contributed by atoms with Gasteiger partial charge in [-0.3, -0.25) is 4.90 Å². The topological polar surface area (TPSA) is 15.3 Å². The van der Waals surface area contributed by atoms with E-state index >= 15 is 0 Å². The van der Waals surface area contributed by atoms with Crippen LogP contribution in [-0.4, -0.2) is 30.6 Å². The van der Waals surface area contributed by atoms with Crippen molar-refractivity contribution >= 4 is 22.9 Å². The molecule has 2 nitrogen and oxygen atoms in total. The lowest BCUT2D eigenvalue weighted by Gasteiger charge is -2.31. The van der Waals surface area contributed by atoms with Crippen LogP contribution in [0.3, 0.4) is 0 Å². The highest BCUT2D eigenvalue weighted by molar-refractivity contribution is 7.08. The van der Waals surface area contributed by atoms with E-state index in [1.54, 1.807) is 11.3 Å². The van der Waals surface area contributed by atoms with Crippen LogP contribution in [0, 0.1) is 0 Å². The molecule has 4 heteroatoms. The number of nitrogens with zero attached hydrogens (tertiary/aromatic N) is 1. The van der Waals surface area contributed by atoms with Gasteiger partial charge in [-0.05, 0) is 17.9 Å². The van der Waals surface area contributed by atoms with Crippen molar-refractivity contribution in [3.8, 4) is 0 Å². The number of hydrogen-bond acceptors (Lipinski definition) is 3. The third kappa shape index (κ3) is 2.48. The SMILES string of the molecule is CC1CN(Cc2cscc2Cl)CCN1. The molecule has 2 rings (SSSR count). The van der Waals surface area contributed by atoms with Gasteiger partial charge in [-0.15, -0.1) is 0 Å². The molecule has 1 aromatic rings. The van der Waals surface area contributed by atoms with E-state index in [4.69, 9.17) is 11.6 Å². The van der Waals surface area contributed by atoms with Gasteiger partial charge >= 0.3 is 0 Å². The molecule has 0 bridgehead atoms. The molecule has 0 saturated carbocycles. The fourth-order valence-electron chi connectivity index (χ4n) is 1.82. The highest BCUT2D eigenvalue weighted by Gasteiger charge is 2.16. The standard InChI is InChI=1S/C10H15ClN2S/c1-8-4-13(3-2-12-8)5-9-6-14-7-10(9)11/h6-8,12H,2-5H2,1H3. The zero-order valence-corrected chi connectivity index (χ0v) is 9.87. The molecule has 0 aliphatic carbocycles. The number of rotatable bonds is 2. The molecule has 0 radical (unpaired) electrons. The minimum atomic E-state index is 0.598. The van der Waals surface area contributed by atoms with Gasteiger partial charge in [0.2, 0.25) is 0 Å². The maximum absolute atomic E-state index is 6.06. The Kier molecular flexibility index (Phi) is 3.44. The first-order valence-corrected chi connectivity index (χ1v) is 6.24. The number of nitrogens with one attached hydrogen (secondary N) is 1. The highest BCUT2D eigenvalue weighted by atomic mass is 35.5. The smallest absolute Gasteiger partial charge is 0.0557 e. The average Bonchev–Trinajstić information content (AvgIpc) is 2.52. The van der Waals surface area contributed by atoms with Crippen LogP contribution in [0.15, 0.2) is 10.8 Å². The summed E-state index contributed by atoms with van der Waals surface area (Å²) in [6.45, 7) is 6.54. The Balaban J connectivity index is 1.94. The molecule has 1 atom stereocenters. The molecule has 1 aromatic heterocycles. The summed E-state index contributed by atoms with van der Waals surface area (Å²) in [7, 11) is 0. The van der Waals surface area contributed by atoms with Crippen molar-refractivity contribution in [1.82, 2.24) is 10.2 Å². The highest BCUT2D eigenvalue weighted by Crippen LogP contribution is 2.22. The Bertz CT molecular complexity index is 300. The van der Waals surface area contributed by atoms with E-state index in [9.17, 15) is 0 Å². The molecule has 0 amide bonds. The van der Waals surface area contributed by atoms with Crippen LogP contribution in [0.5, 0.6) is 0 Å². The molecular formula is C10H15ClN2S. The van der Waals surface area contributed by atoms with Gasteiger partial charge in [-0.25, -0.2) is 0 Å². The minimum absolute atomic E-state index is 0.598. The predicted octanol–water partition coefficient (Wildman–Crippen LogP) is 2.20. The van der Waals surface area contributed by atoms with Crippen LogP contribution >= 0.6 is 22.9 Å². The maximum Gasteiger partial charge on any atom is 0.0557 e. The zero-order valence-electron chi connectivity index (χ0n) is 8.29. The molecule has 14 heavy (non-hydrogen) atoms. The molecule has 1 saturated heterocycles. The van der Waals surface area contributed by atoms with E-state index in [0.29, 0.717) is 6.04 Å². The normalized spacial score (nSPS) is 24.0. The van der Waals surface area contributed by atoms with Crippen molar-refractivity contribution in [3.05, 3.63) is 21.3 Å². The number of piperazine rings is 1. The van der Waals surface area contributed by atoms with Gasteiger partial charge in [0.1, 0.15) is 0 Å². The van der Waals surface area contributed by atoms with E-state index in [-0.39, 0.29) is 0 Å². The largest absolute Gasteiger partial charge is 0.312 e. The second-order valence-electron chi connectivity index (χ2n) is 3.84. The monoisotopic (exact) mass is 230 g/mol. The molecule has 1 fully saturated rings. The first-order chi connectivity index (χ1) is 6.75. The summed E-state index contributed by atoms with van der Waals surface area (Å²) in [4.78, 5) is 2.45. The minimum Gasteiger partial charge on any atom is -0.312 e. The molecule has 1 aliphatic rings. The lowest BCUT2D eigenvalue weighted by Crippen LogP contribution is -2.48. The van der Waals surface area contributed by atoms with E-state index in [1.807, 2.05) is 5.38 Å². The molecule has 0 spiro atoms. The summed E-state index contributed by atoms with van der Waals surface area (Å²) in [5, 5.41) is 8.50. The fourth-order valence-corrected chi connectivity index (χ4v) is 2.86. The number of thiophene rings is 1. The van der Waals surface area contributed by atoms with Crippen molar-refractivity contribution in [2.45, 2.75) is 19.5 Å². The van der Waals surface area contributed by atoms with E-state index in [0.717, 1.165) is 31.2 Å². The van der Waals surface area contributed by atoms with Crippen molar-refractivity contribution in [2.75, 3.05) is 19.6 Å². The lowest BCUT2D eigenvalue weighted by atomic mass is 10.2. The van der Waals surface area contributed by atoms with Gasteiger partial charge in [0.25, 0.3) is 0 Å². The van der Waals surface area contributed by atoms with Gasteiger partial charge in [-0.2, -0.15) is 11.3 Å². The van der Waals surface area contributed by atoms with Gasteiger partial charge in [-0.1, -0.05) is 11.6 Å². The van der Waals surface area contributed by atoms with Crippen LogP contribution in [0.2, 0.25) is 5.02 Å². The first kappa shape index (κ1) is 10.4. The Morgan fingerprint density at radius 1 is 1.64 bits per heavy atom. The zero-order chi connectivity index (χ0) is 9.97. The van der Waals surface area contributed by atoms with E-state index < -0.39 is 0 Å². The summed E-state index contributed by atoms with van der Waals surface area (Å²) < 4.78 is 0. The van der Waals surface area contributed by atoms with Gasteiger partial charge in [0, 0.05) is 37.6 Å². The Morgan fingerprint density at radius 3 is 3.14 bits per heavy atom. The molecule has 78 valence electrons. The second-order valence-corrected chi connectivity index (χ2v) is 4.99. The molecule has 1 aliphatic heterocycles. The van der Waals surface area contributed by atoms with Gasteiger partial charge in [0.05, 0.1) is 5.02 Å². The van der Waals surface area contributed by atoms with Crippen LogP contribution in [0.4, 0.5) is 0 Å². The maximum atomic E-state index is 6.06. The Labute approximate surface area is 93.9 Å². The summed E-state index contributed by atoms with van der Waals surface area (Å²) in [6.07, 6.45) is 0. The second kappa shape index (κ2) is 4.62. The third-order valence-electron chi connectivity index (χ3n) is 2.54. The lowest BCUT2D eigenvalue weighted by molar-refractivity contribution is 0.200. The quantitative estimate of drug-likeness (QED) is 0.838. The third-order valence-corrected chi connectivity index (χ3v) is 3.81. The van der Waals surface area contributed by atoms with Crippen molar-refractivity contribution in [2.24, 2.45) is 0 Å². The summed E-state index contributed by atoms with van der Waals surface area (Å²) in [6, 6.07) is 0.598. The predicted molar refractivity (Wildman–Crippen MR) is 62.1 cm³/mol. The molecule has 0 aromatic carbocycles. The average molecular weight is 231 g/mol. The van der Waals surface area contributed by atoms with Gasteiger partial charge in [0.15, 0.2) is 0 Å². The summed E-state index contributed by atoms with van der Waals surface area (Å²) in [5.74, 6) is 0. The summed E-state index contributed by atoms with van der Waals surface area (Å²) >= 11 is 7.74. The van der Waals surface area contributed by atoms with E-state index in [2.05, 4.69) is 22.5 Å². The summed E-state index contributed by atoms with van der Waals surface area (Å²) in [5.41, 5.74) is 1.27. The van der Waals surface area contributed by atoms with Crippen molar-refractivity contribution in [1.29, 1.82) is 0 Å². The van der Waals surface area contributed by atoms with Crippen LogP contribution < -0.4 is 5.32 Å². The van der Waals surface area contributed by atoms with Crippen LogP contribution in [0.25, 0.3) is 0 Å². The van der Waals surface area contributed by atoms with Crippen molar-refractivity contribution < 1.29 is 0 Å². The molecule has 2 heterocycles. The van der Waals surface area contributed by atoms with Crippen molar-refractivity contribution in [3.63, 3.8) is 0 Å².